The molecule has 2 rings (SSSR count). The van der Waals surface area contributed by atoms with Crippen molar-refractivity contribution < 1.29 is 0 Å². The number of aromatic nitrogens is 2. The van der Waals surface area contributed by atoms with Gasteiger partial charge in [0.2, 0.25) is 0 Å². The molecular weight excluding hydrogens is 254 g/mol. The molecule has 0 spiro atoms. The standard InChI is InChI=1S/C15H21N3S/c1-5-10-9-17-7-6-11(10)14-18-13(15(2,3)4)12(8-16)19-14/h6-7,9H,5,8,16H2,1-4H3. The number of rotatable bonds is 3. The SMILES string of the molecule is CCc1cnccc1-c1nc(C(C)(C)C)c(CN)s1. The molecule has 2 aromatic heterocycles. The third kappa shape index (κ3) is 2.85. The molecule has 0 aromatic carbocycles. The van der Waals surface area contributed by atoms with Gasteiger partial charge < -0.3 is 5.73 Å². The van der Waals surface area contributed by atoms with Crippen molar-refractivity contribution in [2.24, 2.45) is 5.73 Å². The number of thiazole rings is 1. The molecule has 0 aliphatic rings. The van der Waals surface area contributed by atoms with Crippen molar-refractivity contribution in [1.82, 2.24) is 9.97 Å². The average Bonchev–Trinajstić information content (AvgIpc) is 2.82. The Balaban J connectivity index is 2.55. The molecule has 2 heterocycles. The van der Waals surface area contributed by atoms with Crippen molar-refractivity contribution in [1.29, 1.82) is 0 Å². The summed E-state index contributed by atoms with van der Waals surface area (Å²) in [7, 11) is 0. The third-order valence-corrected chi connectivity index (χ3v) is 4.22. The molecule has 0 aliphatic carbocycles. The van der Waals surface area contributed by atoms with Crippen LogP contribution in [0.5, 0.6) is 0 Å². The summed E-state index contributed by atoms with van der Waals surface area (Å²) in [6.45, 7) is 9.23. The van der Waals surface area contributed by atoms with Gasteiger partial charge in [-0.15, -0.1) is 11.3 Å². The van der Waals surface area contributed by atoms with E-state index in [-0.39, 0.29) is 5.41 Å². The first-order valence-corrected chi connectivity index (χ1v) is 7.42. The predicted octanol–water partition coefficient (Wildman–Crippen LogP) is 3.52. The van der Waals surface area contributed by atoms with E-state index in [1.807, 2.05) is 18.5 Å². The third-order valence-electron chi connectivity index (χ3n) is 3.11. The molecule has 0 atom stereocenters. The van der Waals surface area contributed by atoms with Gasteiger partial charge in [-0.25, -0.2) is 4.98 Å². The number of aryl methyl sites for hydroxylation is 1. The lowest BCUT2D eigenvalue weighted by atomic mass is 9.91. The van der Waals surface area contributed by atoms with Crippen LogP contribution in [0, 0.1) is 0 Å². The van der Waals surface area contributed by atoms with Crippen molar-refractivity contribution in [2.45, 2.75) is 46.1 Å². The van der Waals surface area contributed by atoms with E-state index in [0.717, 1.165) is 17.1 Å². The molecule has 0 aliphatic heterocycles. The highest BCUT2D eigenvalue weighted by Gasteiger charge is 2.23. The lowest BCUT2D eigenvalue weighted by molar-refractivity contribution is 0.567. The van der Waals surface area contributed by atoms with Gasteiger partial charge in [-0.2, -0.15) is 0 Å². The largest absolute Gasteiger partial charge is 0.326 e. The normalized spacial score (nSPS) is 11.8. The zero-order valence-electron chi connectivity index (χ0n) is 12.0. The van der Waals surface area contributed by atoms with Crippen LogP contribution in [0.4, 0.5) is 0 Å². The first-order valence-electron chi connectivity index (χ1n) is 6.61. The fourth-order valence-corrected chi connectivity index (χ4v) is 3.32. The highest BCUT2D eigenvalue weighted by molar-refractivity contribution is 7.15. The van der Waals surface area contributed by atoms with Crippen LogP contribution in [0.2, 0.25) is 0 Å². The fraction of sp³-hybridized carbons (Fsp3) is 0.467. The van der Waals surface area contributed by atoms with Gasteiger partial charge in [-0.1, -0.05) is 27.7 Å². The maximum atomic E-state index is 5.87. The lowest BCUT2D eigenvalue weighted by Gasteiger charge is -2.16. The second-order valence-corrected chi connectivity index (χ2v) is 6.71. The van der Waals surface area contributed by atoms with Crippen LogP contribution in [0.15, 0.2) is 18.5 Å². The summed E-state index contributed by atoms with van der Waals surface area (Å²) in [4.78, 5) is 10.2. The van der Waals surface area contributed by atoms with E-state index in [4.69, 9.17) is 10.7 Å². The van der Waals surface area contributed by atoms with E-state index < -0.39 is 0 Å². The second-order valence-electron chi connectivity index (χ2n) is 5.63. The molecule has 0 saturated carbocycles. The Morgan fingerprint density at radius 2 is 2.05 bits per heavy atom. The molecule has 102 valence electrons. The highest BCUT2D eigenvalue weighted by Crippen LogP contribution is 2.35. The van der Waals surface area contributed by atoms with Crippen molar-refractivity contribution in [3.05, 3.63) is 34.6 Å². The van der Waals surface area contributed by atoms with E-state index in [1.165, 1.54) is 16.0 Å². The molecule has 0 saturated heterocycles. The zero-order chi connectivity index (χ0) is 14.0. The summed E-state index contributed by atoms with van der Waals surface area (Å²) < 4.78 is 0. The van der Waals surface area contributed by atoms with Gasteiger partial charge in [0, 0.05) is 34.8 Å². The number of hydrogen-bond donors (Lipinski definition) is 1. The predicted molar refractivity (Wildman–Crippen MR) is 81.3 cm³/mol. The van der Waals surface area contributed by atoms with Gasteiger partial charge in [0.05, 0.1) is 5.69 Å². The number of nitrogens with zero attached hydrogens (tertiary/aromatic N) is 2. The summed E-state index contributed by atoms with van der Waals surface area (Å²) in [6, 6.07) is 2.05. The van der Waals surface area contributed by atoms with Crippen LogP contribution >= 0.6 is 11.3 Å². The molecular formula is C15H21N3S. The Hall–Kier alpha value is -1.26. The van der Waals surface area contributed by atoms with Gasteiger partial charge >= 0.3 is 0 Å². The molecule has 0 bridgehead atoms. The zero-order valence-corrected chi connectivity index (χ0v) is 12.8. The van der Waals surface area contributed by atoms with Crippen molar-refractivity contribution in [2.75, 3.05) is 0 Å². The van der Waals surface area contributed by atoms with E-state index in [9.17, 15) is 0 Å². The van der Waals surface area contributed by atoms with Crippen LogP contribution in [0.1, 0.15) is 43.8 Å². The van der Waals surface area contributed by atoms with Crippen LogP contribution in [-0.2, 0) is 18.4 Å². The molecule has 0 fully saturated rings. The van der Waals surface area contributed by atoms with Gasteiger partial charge in [0.25, 0.3) is 0 Å². The minimum Gasteiger partial charge on any atom is -0.326 e. The molecule has 0 amide bonds. The van der Waals surface area contributed by atoms with E-state index in [2.05, 4.69) is 32.7 Å². The Morgan fingerprint density at radius 1 is 1.32 bits per heavy atom. The Labute approximate surface area is 118 Å². The van der Waals surface area contributed by atoms with Crippen LogP contribution < -0.4 is 5.73 Å². The van der Waals surface area contributed by atoms with Gasteiger partial charge in [0.1, 0.15) is 5.01 Å². The topological polar surface area (TPSA) is 51.8 Å². The fourth-order valence-electron chi connectivity index (χ4n) is 2.11. The van der Waals surface area contributed by atoms with Gasteiger partial charge in [-0.3, -0.25) is 4.98 Å². The Morgan fingerprint density at radius 3 is 2.58 bits per heavy atom. The average molecular weight is 275 g/mol. The Kier molecular flexibility index (Phi) is 4.02. The number of hydrogen-bond acceptors (Lipinski definition) is 4. The first kappa shape index (κ1) is 14.2. The Bertz CT molecular complexity index is 567. The van der Waals surface area contributed by atoms with Crippen molar-refractivity contribution >= 4 is 11.3 Å². The van der Waals surface area contributed by atoms with Crippen LogP contribution in [-0.4, -0.2) is 9.97 Å². The monoisotopic (exact) mass is 275 g/mol. The molecule has 2 aromatic rings. The molecule has 2 N–H and O–H groups in total. The van der Waals surface area contributed by atoms with Crippen LogP contribution in [0.25, 0.3) is 10.6 Å². The molecule has 0 unspecified atom stereocenters. The summed E-state index contributed by atoms with van der Waals surface area (Å²) in [5.41, 5.74) is 9.44. The van der Waals surface area contributed by atoms with Gasteiger partial charge in [0.15, 0.2) is 0 Å². The molecule has 3 nitrogen and oxygen atoms in total. The first-order chi connectivity index (χ1) is 8.97. The highest BCUT2D eigenvalue weighted by atomic mass is 32.1. The molecule has 0 radical (unpaired) electrons. The van der Waals surface area contributed by atoms with Crippen molar-refractivity contribution in [3.63, 3.8) is 0 Å². The summed E-state index contributed by atoms with van der Waals surface area (Å²) in [5.74, 6) is 0. The summed E-state index contributed by atoms with van der Waals surface area (Å²) in [6.07, 6.45) is 4.72. The summed E-state index contributed by atoms with van der Waals surface area (Å²) in [5, 5.41) is 1.06. The second kappa shape index (κ2) is 5.39. The van der Waals surface area contributed by atoms with Gasteiger partial charge in [-0.05, 0) is 18.1 Å². The smallest absolute Gasteiger partial charge is 0.124 e. The molecule has 4 heteroatoms. The van der Waals surface area contributed by atoms with Crippen molar-refractivity contribution in [3.8, 4) is 10.6 Å². The number of nitrogens with two attached hydrogens (primary N) is 1. The van der Waals surface area contributed by atoms with Crippen LogP contribution in [0.3, 0.4) is 0 Å². The minimum atomic E-state index is 0.0306. The summed E-state index contributed by atoms with van der Waals surface area (Å²) >= 11 is 1.71. The quantitative estimate of drug-likeness (QED) is 0.932. The number of pyridine rings is 1. The maximum Gasteiger partial charge on any atom is 0.124 e. The molecule has 19 heavy (non-hydrogen) atoms. The lowest BCUT2D eigenvalue weighted by Crippen LogP contribution is -2.15. The van der Waals surface area contributed by atoms with E-state index in [0.29, 0.717) is 6.54 Å². The van der Waals surface area contributed by atoms with E-state index >= 15 is 0 Å². The van der Waals surface area contributed by atoms with E-state index in [1.54, 1.807) is 11.3 Å². The maximum absolute atomic E-state index is 5.87. The minimum absolute atomic E-state index is 0.0306.